The van der Waals surface area contributed by atoms with E-state index in [2.05, 4.69) is 5.18 Å². The van der Waals surface area contributed by atoms with Crippen molar-refractivity contribution in [2.24, 2.45) is 11.1 Å². The number of nitrogens with zero attached hydrogens (tertiary/aromatic N) is 3. The molecule has 0 unspecified atom stereocenters. The molecule has 0 atom stereocenters. The maximum Gasteiger partial charge on any atom is 0.0901 e. The summed E-state index contributed by atoms with van der Waals surface area (Å²) in [5.41, 5.74) is -0.236. The molecule has 0 aliphatic heterocycles. The molecule has 0 saturated heterocycles. The summed E-state index contributed by atoms with van der Waals surface area (Å²) in [5.74, 6) is 0.0894. The fourth-order valence-electron chi connectivity index (χ4n) is 1.12. The smallest absolute Gasteiger partial charge is 0.0901 e. The summed E-state index contributed by atoms with van der Waals surface area (Å²) in [7, 11) is 0. The number of nitroso groups, excluding NO2 is 1. The summed E-state index contributed by atoms with van der Waals surface area (Å²) in [6.45, 7) is 3.75. The minimum atomic E-state index is -0.443. The van der Waals surface area contributed by atoms with E-state index in [9.17, 15) is 15.7 Å². The Hall–Kier alpha value is -0.476. The van der Waals surface area contributed by atoms with Gasteiger partial charge in [-0.3, -0.25) is 0 Å². The van der Waals surface area contributed by atoms with Crippen molar-refractivity contribution >= 4 is 11.4 Å². The van der Waals surface area contributed by atoms with Crippen LogP contribution in [0.25, 0.3) is 10.8 Å². The molecule has 1 aliphatic carbocycles. The van der Waals surface area contributed by atoms with E-state index in [4.69, 9.17) is 0 Å². The Morgan fingerprint density at radius 2 is 1.79 bits per heavy atom. The molecule has 0 aromatic carbocycles. The van der Waals surface area contributed by atoms with Gasteiger partial charge in [-0.15, -0.1) is 10.6 Å². The van der Waals surface area contributed by atoms with Crippen LogP contribution in [0.15, 0.2) is 28.6 Å². The summed E-state index contributed by atoms with van der Waals surface area (Å²) in [5, 5.41) is 21.3. The summed E-state index contributed by atoms with van der Waals surface area (Å²) >= 11 is 0. The molecule has 0 spiro atoms. The van der Waals surface area contributed by atoms with Gasteiger partial charge in [-0.25, -0.2) is 0 Å². The molecule has 0 saturated carbocycles. The summed E-state index contributed by atoms with van der Waals surface area (Å²) in [6.07, 6.45) is 2.97. The van der Waals surface area contributed by atoms with Gasteiger partial charge in [0, 0.05) is 32.7 Å². The van der Waals surface area contributed by atoms with Gasteiger partial charge in [-0.1, -0.05) is 25.5 Å². The molecule has 71 valence electrons. The van der Waals surface area contributed by atoms with Gasteiger partial charge in [-0.05, 0) is 17.2 Å². The third-order valence-electron chi connectivity index (χ3n) is 1.88. The van der Waals surface area contributed by atoms with Crippen molar-refractivity contribution in [1.82, 2.24) is 0 Å². The van der Waals surface area contributed by atoms with Gasteiger partial charge in [0.25, 0.3) is 0 Å². The second-order valence-electron chi connectivity index (χ2n) is 3.12. The van der Waals surface area contributed by atoms with Crippen LogP contribution in [0.2, 0.25) is 0 Å². The van der Waals surface area contributed by atoms with Crippen LogP contribution in [0.4, 0.5) is 0 Å². The third kappa shape index (κ3) is 2.52. The quantitative estimate of drug-likeness (QED) is 0.556. The van der Waals surface area contributed by atoms with Crippen molar-refractivity contribution in [3.8, 4) is 0 Å². The second-order valence-corrected chi connectivity index (χ2v) is 3.12. The van der Waals surface area contributed by atoms with Gasteiger partial charge in [0.15, 0.2) is 0 Å². The average molecular weight is 264 g/mol. The zero-order chi connectivity index (χ0) is 10.0. The van der Waals surface area contributed by atoms with Crippen LogP contribution in [-0.4, -0.2) is 11.4 Å². The maximum absolute atomic E-state index is 10.1. The first kappa shape index (κ1) is 13.5. The van der Waals surface area contributed by atoms with Crippen molar-refractivity contribution in [2.45, 2.75) is 13.8 Å². The topological polar surface area (TPSA) is 74.0 Å². The molecule has 4 nitrogen and oxygen atoms in total. The van der Waals surface area contributed by atoms with E-state index >= 15 is 0 Å². The Morgan fingerprint density at radius 1 is 1.21 bits per heavy atom. The molecule has 0 bridgehead atoms. The molecule has 0 fully saturated rings. The molecule has 0 heterocycles. The van der Waals surface area contributed by atoms with Crippen LogP contribution in [0.5, 0.6) is 0 Å². The SMILES string of the molecule is CC(C)C1=CC=C(N=O)C(=[N-])C1=[N-].[Y]. The standard InChI is InChI=1S/C9H9N3O.Y/c1-5(2)6-3-4-7(12-13)9(11)8(6)10;/h3-5H,1-2H3;/q-2;. The van der Waals surface area contributed by atoms with Gasteiger partial charge < -0.3 is 10.8 Å². The van der Waals surface area contributed by atoms with Gasteiger partial charge >= 0.3 is 0 Å². The normalized spacial score (nSPS) is 15.9. The van der Waals surface area contributed by atoms with E-state index in [1.165, 1.54) is 6.08 Å². The Kier molecular flexibility index (Phi) is 5.23. The van der Waals surface area contributed by atoms with Crippen molar-refractivity contribution in [3.05, 3.63) is 39.1 Å². The van der Waals surface area contributed by atoms with Gasteiger partial charge in [0.2, 0.25) is 0 Å². The fourth-order valence-corrected chi connectivity index (χ4v) is 1.12. The molecular formula is C9H9N3OY-2. The first-order valence-electron chi connectivity index (χ1n) is 3.96. The third-order valence-corrected chi connectivity index (χ3v) is 1.88. The largest absolute Gasteiger partial charge is 0.805 e. The Labute approximate surface area is 108 Å². The predicted octanol–water partition coefficient (Wildman–Crippen LogP) is 2.25. The number of hydrogen-bond acceptors (Lipinski definition) is 2. The summed E-state index contributed by atoms with van der Waals surface area (Å²) < 4.78 is 0. The average Bonchev–Trinajstić information content (AvgIpc) is 2.09. The minimum Gasteiger partial charge on any atom is -0.805 e. The van der Waals surface area contributed by atoms with Crippen LogP contribution in [-0.2, 0) is 32.7 Å². The second kappa shape index (κ2) is 5.42. The summed E-state index contributed by atoms with van der Waals surface area (Å²) in [6, 6.07) is 0. The monoisotopic (exact) mass is 264 g/mol. The Bertz CT molecular complexity index is 342. The van der Waals surface area contributed by atoms with Crippen molar-refractivity contribution < 1.29 is 32.7 Å². The Balaban J connectivity index is 0.00000169. The molecule has 0 amide bonds. The van der Waals surface area contributed by atoms with E-state index < -0.39 is 5.71 Å². The van der Waals surface area contributed by atoms with Crippen LogP contribution in [0.3, 0.4) is 0 Å². The van der Waals surface area contributed by atoms with E-state index in [1.807, 2.05) is 13.8 Å². The minimum absolute atomic E-state index is 0. The van der Waals surface area contributed by atoms with E-state index in [0.717, 1.165) is 0 Å². The molecule has 0 aromatic rings. The van der Waals surface area contributed by atoms with E-state index in [-0.39, 0.29) is 50.0 Å². The summed E-state index contributed by atoms with van der Waals surface area (Å²) in [4.78, 5) is 10.1. The van der Waals surface area contributed by atoms with Crippen molar-refractivity contribution in [1.29, 1.82) is 0 Å². The number of hydrogen-bond donors (Lipinski definition) is 0. The van der Waals surface area contributed by atoms with Gasteiger partial charge in [-0.2, -0.15) is 5.71 Å². The molecule has 14 heavy (non-hydrogen) atoms. The number of allylic oxidation sites excluding steroid dienone is 4. The van der Waals surface area contributed by atoms with Crippen LogP contribution in [0.1, 0.15) is 13.8 Å². The predicted molar refractivity (Wildman–Crippen MR) is 53.5 cm³/mol. The van der Waals surface area contributed by atoms with Crippen LogP contribution < -0.4 is 0 Å². The molecule has 0 N–H and O–H groups in total. The fraction of sp³-hybridized carbons (Fsp3) is 0.333. The van der Waals surface area contributed by atoms with Gasteiger partial charge in [0.05, 0.1) is 5.70 Å². The molecule has 5 heteroatoms. The van der Waals surface area contributed by atoms with E-state index in [0.29, 0.717) is 5.57 Å². The molecule has 0 aromatic heterocycles. The molecule has 1 aliphatic rings. The zero-order valence-electron chi connectivity index (χ0n) is 8.06. The first-order valence-corrected chi connectivity index (χ1v) is 3.96. The van der Waals surface area contributed by atoms with Crippen LogP contribution >= 0.6 is 0 Å². The number of rotatable bonds is 2. The van der Waals surface area contributed by atoms with Crippen LogP contribution in [0, 0.1) is 10.8 Å². The van der Waals surface area contributed by atoms with E-state index in [1.54, 1.807) is 6.08 Å². The molecule has 1 rings (SSSR count). The maximum atomic E-state index is 10.1. The molecular weight excluding hydrogens is 255 g/mol. The van der Waals surface area contributed by atoms with Crippen molar-refractivity contribution in [3.63, 3.8) is 0 Å². The molecule has 1 radical (unpaired) electrons. The Morgan fingerprint density at radius 3 is 2.21 bits per heavy atom. The van der Waals surface area contributed by atoms with Gasteiger partial charge in [0.1, 0.15) is 0 Å². The zero-order valence-corrected chi connectivity index (χ0v) is 10.9. The van der Waals surface area contributed by atoms with Crippen molar-refractivity contribution in [2.75, 3.05) is 0 Å². The first-order chi connectivity index (χ1) is 6.07.